The van der Waals surface area contributed by atoms with E-state index in [1.165, 1.54) is 0 Å². The monoisotopic (exact) mass is 415 g/mol. The van der Waals surface area contributed by atoms with Gasteiger partial charge in [0.1, 0.15) is 10.9 Å². The predicted octanol–water partition coefficient (Wildman–Crippen LogP) is 5.44. The molecule has 25 heavy (non-hydrogen) atoms. The van der Waals surface area contributed by atoms with Crippen LogP contribution in [0, 0.1) is 0 Å². The number of alkyl halides is 3. The fourth-order valence-corrected chi connectivity index (χ4v) is 3.34. The SMILES string of the molecule is O=C(Nc1ccccc1)NC(Sc1nc2ccccc2o1)C(Cl)(Cl)Cl. The van der Waals surface area contributed by atoms with Gasteiger partial charge < -0.3 is 15.1 Å². The average molecular weight is 417 g/mol. The van der Waals surface area contributed by atoms with Gasteiger partial charge in [0, 0.05) is 5.69 Å². The van der Waals surface area contributed by atoms with Crippen LogP contribution in [0.5, 0.6) is 0 Å². The molecule has 5 nitrogen and oxygen atoms in total. The zero-order valence-electron chi connectivity index (χ0n) is 12.6. The summed E-state index contributed by atoms with van der Waals surface area (Å²) in [4.78, 5) is 16.5. The second kappa shape index (κ2) is 7.74. The van der Waals surface area contributed by atoms with E-state index in [9.17, 15) is 4.79 Å². The van der Waals surface area contributed by atoms with E-state index in [0.29, 0.717) is 16.8 Å². The standard InChI is InChI=1S/C16H12Cl3N3O2S/c17-16(18,19)13(22-14(23)20-10-6-2-1-3-7-10)25-15-21-11-8-4-5-9-12(11)24-15/h1-9,13H,(H2,20,22,23). The van der Waals surface area contributed by atoms with Crippen LogP contribution in [0.1, 0.15) is 0 Å². The first kappa shape index (κ1) is 18.2. The number of hydrogen-bond acceptors (Lipinski definition) is 4. The number of halogens is 3. The van der Waals surface area contributed by atoms with E-state index in [0.717, 1.165) is 11.8 Å². The van der Waals surface area contributed by atoms with Crippen molar-refractivity contribution in [3.05, 3.63) is 54.6 Å². The maximum absolute atomic E-state index is 12.2. The molecule has 0 spiro atoms. The van der Waals surface area contributed by atoms with E-state index in [1.54, 1.807) is 30.3 Å². The van der Waals surface area contributed by atoms with Crippen molar-refractivity contribution in [2.75, 3.05) is 5.32 Å². The molecule has 1 unspecified atom stereocenters. The number of para-hydroxylation sites is 3. The minimum absolute atomic E-state index is 0.289. The first-order chi connectivity index (χ1) is 11.9. The first-order valence-corrected chi connectivity index (χ1v) is 9.15. The lowest BCUT2D eigenvalue weighted by Crippen LogP contribution is -2.43. The second-order valence-corrected chi connectivity index (χ2v) is 8.38. The summed E-state index contributed by atoms with van der Waals surface area (Å²) in [6.07, 6.45) is 0. The highest BCUT2D eigenvalue weighted by Gasteiger charge is 2.36. The quantitative estimate of drug-likeness (QED) is 0.338. The van der Waals surface area contributed by atoms with Gasteiger partial charge in [-0.05, 0) is 36.0 Å². The first-order valence-electron chi connectivity index (χ1n) is 7.13. The predicted molar refractivity (Wildman–Crippen MR) is 103 cm³/mol. The molecule has 2 N–H and O–H groups in total. The Balaban J connectivity index is 1.72. The lowest BCUT2D eigenvalue weighted by Gasteiger charge is -2.23. The number of amides is 2. The van der Waals surface area contributed by atoms with Gasteiger partial charge in [0.15, 0.2) is 5.58 Å². The number of urea groups is 1. The number of thioether (sulfide) groups is 1. The molecule has 2 amide bonds. The number of nitrogens with one attached hydrogen (secondary N) is 2. The third-order valence-electron chi connectivity index (χ3n) is 3.08. The van der Waals surface area contributed by atoms with Crippen molar-refractivity contribution in [3.8, 4) is 0 Å². The molecule has 130 valence electrons. The zero-order chi connectivity index (χ0) is 17.9. The molecule has 9 heteroatoms. The van der Waals surface area contributed by atoms with Crippen LogP contribution in [-0.2, 0) is 0 Å². The van der Waals surface area contributed by atoms with Crippen molar-refractivity contribution < 1.29 is 9.21 Å². The number of rotatable bonds is 4. The van der Waals surface area contributed by atoms with Gasteiger partial charge >= 0.3 is 6.03 Å². The second-order valence-electron chi connectivity index (χ2n) is 4.95. The molecule has 3 rings (SSSR count). The van der Waals surface area contributed by atoms with Crippen molar-refractivity contribution in [1.82, 2.24) is 10.3 Å². The van der Waals surface area contributed by atoms with Gasteiger partial charge in [0.05, 0.1) is 0 Å². The molecule has 1 atom stereocenters. The average Bonchev–Trinajstić information content (AvgIpc) is 2.96. The van der Waals surface area contributed by atoms with Crippen molar-refractivity contribution in [1.29, 1.82) is 0 Å². The molecule has 1 aromatic heterocycles. The number of carbonyl (C=O) groups is 1. The van der Waals surface area contributed by atoms with Gasteiger partial charge in [0.25, 0.3) is 5.22 Å². The maximum Gasteiger partial charge on any atom is 0.320 e. The van der Waals surface area contributed by atoms with Crippen molar-refractivity contribution in [2.24, 2.45) is 0 Å². The molecular formula is C16H12Cl3N3O2S. The molecule has 0 aliphatic heterocycles. The number of aromatic nitrogens is 1. The lowest BCUT2D eigenvalue weighted by atomic mass is 10.3. The van der Waals surface area contributed by atoms with Gasteiger partial charge in [-0.2, -0.15) is 0 Å². The van der Waals surface area contributed by atoms with E-state index >= 15 is 0 Å². The highest BCUT2D eigenvalue weighted by Crippen LogP contribution is 2.39. The molecule has 0 bridgehead atoms. The topological polar surface area (TPSA) is 67.2 Å². The number of hydrogen-bond donors (Lipinski definition) is 2. The molecule has 0 saturated heterocycles. The molecule has 0 fully saturated rings. The van der Waals surface area contributed by atoms with Crippen LogP contribution in [0.25, 0.3) is 11.1 Å². The van der Waals surface area contributed by atoms with Crippen LogP contribution in [-0.4, -0.2) is 20.2 Å². The highest BCUT2D eigenvalue weighted by atomic mass is 35.6. The Labute approximate surface area is 163 Å². The van der Waals surface area contributed by atoms with Crippen molar-refractivity contribution >= 4 is 69.4 Å². The van der Waals surface area contributed by atoms with Gasteiger partial charge in [-0.1, -0.05) is 65.1 Å². The summed E-state index contributed by atoms with van der Waals surface area (Å²) in [6, 6.07) is 15.7. The number of benzene rings is 2. The van der Waals surface area contributed by atoms with E-state index in [2.05, 4.69) is 15.6 Å². The van der Waals surface area contributed by atoms with Gasteiger partial charge in [0.2, 0.25) is 3.79 Å². The minimum Gasteiger partial charge on any atom is -0.431 e. The molecule has 0 aliphatic carbocycles. The van der Waals surface area contributed by atoms with Crippen molar-refractivity contribution in [3.63, 3.8) is 0 Å². The summed E-state index contributed by atoms with van der Waals surface area (Å²) in [7, 11) is 0. The summed E-state index contributed by atoms with van der Waals surface area (Å²) < 4.78 is 3.83. The summed E-state index contributed by atoms with van der Waals surface area (Å²) in [6.45, 7) is 0. The van der Waals surface area contributed by atoms with Crippen LogP contribution in [0.15, 0.2) is 64.2 Å². The largest absolute Gasteiger partial charge is 0.431 e. The summed E-state index contributed by atoms with van der Waals surface area (Å²) in [5, 5.41) is 4.66. The Morgan fingerprint density at radius 1 is 1.08 bits per heavy atom. The van der Waals surface area contributed by atoms with Gasteiger partial charge in [-0.15, -0.1) is 0 Å². The highest BCUT2D eigenvalue weighted by molar-refractivity contribution is 8.00. The fraction of sp³-hybridized carbons (Fsp3) is 0.125. The summed E-state index contributed by atoms with van der Waals surface area (Å²) in [5.41, 5.74) is 1.92. The van der Waals surface area contributed by atoms with Crippen LogP contribution >= 0.6 is 46.6 Å². The normalized spacial score (nSPS) is 12.8. The molecule has 3 aromatic rings. The van der Waals surface area contributed by atoms with Gasteiger partial charge in [-0.3, -0.25) is 0 Å². The number of carbonyl (C=O) groups excluding carboxylic acids is 1. The molecule has 0 aliphatic rings. The fourth-order valence-electron chi connectivity index (χ4n) is 1.99. The molecule has 0 radical (unpaired) electrons. The third kappa shape index (κ3) is 4.95. The molecule has 0 saturated carbocycles. The van der Waals surface area contributed by atoms with Gasteiger partial charge in [-0.25, -0.2) is 9.78 Å². The lowest BCUT2D eigenvalue weighted by molar-refractivity contribution is 0.251. The Hall–Kier alpha value is -1.60. The Morgan fingerprint density at radius 2 is 1.76 bits per heavy atom. The van der Waals surface area contributed by atoms with Crippen LogP contribution in [0.3, 0.4) is 0 Å². The van der Waals surface area contributed by atoms with E-state index in [-0.39, 0.29) is 5.22 Å². The summed E-state index contributed by atoms with van der Waals surface area (Å²) in [5.74, 6) is 0. The number of nitrogens with zero attached hydrogens (tertiary/aromatic N) is 1. The zero-order valence-corrected chi connectivity index (χ0v) is 15.7. The van der Waals surface area contributed by atoms with E-state index < -0.39 is 15.2 Å². The van der Waals surface area contributed by atoms with Crippen LogP contribution in [0.2, 0.25) is 0 Å². The number of oxazole rings is 1. The van der Waals surface area contributed by atoms with Crippen LogP contribution in [0.4, 0.5) is 10.5 Å². The van der Waals surface area contributed by atoms with Crippen molar-refractivity contribution in [2.45, 2.75) is 14.4 Å². The summed E-state index contributed by atoms with van der Waals surface area (Å²) >= 11 is 19.0. The van der Waals surface area contributed by atoms with E-state index in [4.69, 9.17) is 39.2 Å². The Bertz CT molecular complexity index is 835. The molecular weight excluding hydrogens is 405 g/mol. The Kier molecular flexibility index (Phi) is 5.64. The van der Waals surface area contributed by atoms with Crippen LogP contribution < -0.4 is 10.6 Å². The van der Waals surface area contributed by atoms with E-state index in [1.807, 2.05) is 24.3 Å². The number of anilines is 1. The number of fused-ring (bicyclic) bond motifs is 1. The Morgan fingerprint density at radius 3 is 2.44 bits per heavy atom. The molecule has 1 heterocycles. The smallest absolute Gasteiger partial charge is 0.320 e. The molecule has 2 aromatic carbocycles. The minimum atomic E-state index is -1.76. The third-order valence-corrected chi connectivity index (χ3v) is 5.21. The maximum atomic E-state index is 12.2.